The number of rotatable bonds is 4. The zero-order valence-electron chi connectivity index (χ0n) is 10.4. The van der Waals surface area contributed by atoms with Gasteiger partial charge in [-0.15, -0.1) is 0 Å². The van der Waals surface area contributed by atoms with Crippen molar-refractivity contribution in [2.45, 2.75) is 52.0 Å². The van der Waals surface area contributed by atoms with Gasteiger partial charge in [-0.25, -0.2) is 0 Å². The van der Waals surface area contributed by atoms with E-state index in [0.717, 1.165) is 18.9 Å². The third-order valence-electron chi connectivity index (χ3n) is 3.81. The maximum absolute atomic E-state index is 9.16. The second-order valence-electron chi connectivity index (χ2n) is 4.87. The standard InChI is InChI=1S/C13H24N2/c1-4-8-15(3)13-9-11(5-2)6-7-12(13)10-14/h11-13H,4-9H2,1-3H3. The predicted octanol–water partition coefficient (Wildman–Crippen LogP) is 3.05. The van der Waals surface area contributed by atoms with Crippen LogP contribution in [0.15, 0.2) is 0 Å². The highest BCUT2D eigenvalue weighted by Crippen LogP contribution is 2.33. The van der Waals surface area contributed by atoms with Crippen LogP contribution >= 0.6 is 0 Å². The molecule has 0 radical (unpaired) electrons. The summed E-state index contributed by atoms with van der Waals surface area (Å²) in [6, 6.07) is 3.00. The van der Waals surface area contributed by atoms with Crippen molar-refractivity contribution < 1.29 is 0 Å². The summed E-state index contributed by atoms with van der Waals surface area (Å²) in [5.74, 6) is 1.11. The van der Waals surface area contributed by atoms with Gasteiger partial charge < -0.3 is 4.90 Å². The van der Waals surface area contributed by atoms with Crippen molar-refractivity contribution in [1.29, 1.82) is 5.26 Å². The Labute approximate surface area is 94.3 Å². The molecule has 2 heteroatoms. The molecule has 0 spiro atoms. The maximum Gasteiger partial charge on any atom is 0.0672 e. The Kier molecular flexibility index (Phi) is 5.11. The van der Waals surface area contributed by atoms with E-state index in [-0.39, 0.29) is 5.92 Å². The first-order valence-corrected chi connectivity index (χ1v) is 6.32. The molecular weight excluding hydrogens is 184 g/mol. The van der Waals surface area contributed by atoms with E-state index in [1.165, 1.54) is 25.7 Å². The van der Waals surface area contributed by atoms with Crippen LogP contribution in [0.3, 0.4) is 0 Å². The Hall–Kier alpha value is -0.550. The van der Waals surface area contributed by atoms with Gasteiger partial charge in [0.05, 0.1) is 12.0 Å². The summed E-state index contributed by atoms with van der Waals surface area (Å²) in [6.45, 7) is 5.60. The minimum Gasteiger partial charge on any atom is -0.302 e. The highest BCUT2D eigenvalue weighted by atomic mass is 15.1. The fraction of sp³-hybridized carbons (Fsp3) is 0.923. The summed E-state index contributed by atoms with van der Waals surface area (Å²) in [4.78, 5) is 2.40. The Balaban J connectivity index is 2.59. The van der Waals surface area contributed by atoms with Gasteiger partial charge in [0, 0.05) is 6.04 Å². The Morgan fingerprint density at radius 3 is 2.60 bits per heavy atom. The minimum atomic E-state index is 0.268. The fourth-order valence-electron chi connectivity index (χ4n) is 2.76. The first-order chi connectivity index (χ1) is 7.22. The van der Waals surface area contributed by atoms with Gasteiger partial charge in [-0.05, 0) is 45.2 Å². The van der Waals surface area contributed by atoms with Crippen molar-refractivity contribution in [3.63, 3.8) is 0 Å². The van der Waals surface area contributed by atoms with Gasteiger partial charge >= 0.3 is 0 Å². The van der Waals surface area contributed by atoms with Crippen LogP contribution in [0.25, 0.3) is 0 Å². The molecule has 1 aliphatic rings. The molecule has 0 N–H and O–H groups in total. The molecule has 3 atom stereocenters. The first-order valence-electron chi connectivity index (χ1n) is 6.32. The first kappa shape index (κ1) is 12.5. The Morgan fingerprint density at radius 2 is 2.07 bits per heavy atom. The van der Waals surface area contributed by atoms with E-state index in [9.17, 15) is 0 Å². The fourth-order valence-corrected chi connectivity index (χ4v) is 2.76. The van der Waals surface area contributed by atoms with Crippen molar-refractivity contribution >= 4 is 0 Å². The van der Waals surface area contributed by atoms with Crippen molar-refractivity contribution in [3.05, 3.63) is 0 Å². The molecule has 1 aliphatic carbocycles. The summed E-state index contributed by atoms with van der Waals surface area (Å²) < 4.78 is 0. The van der Waals surface area contributed by atoms with Gasteiger partial charge in [0.15, 0.2) is 0 Å². The molecule has 0 heterocycles. The highest BCUT2D eigenvalue weighted by molar-refractivity contribution is 4.96. The van der Waals surface area contributed by atoms with Gasteiger partial charge in [-0.2, -0.15) is 5.26 Å². The smallest absolute Gasteiger partial charge is 0.0672 e. The van der Waals surface area contributed by atoms with Crippen LogP contribution in [0.1, 0.15) is 46.0 Å². The molecule has 0 aromatic rings. The van der Waals surface area contributed by atoms with E-state index < -0.39 is 0 Å². The number of hydrogen-bond donors (Lipinski definition) is 0. The molecule has 2 nitrogen and oxygen atoms in total. The molecule has 1 saturated carbocycles. The second kappa shape index (κ2) is 6.12. The van der Waals surface area contributed by atoms with Crippen LogP contribution in [0.4, 0.5) is 0 Å². The lowest BCUT2D eigenvalue weighted by molar-refractivity contribution is 0.124. The van der Waals surface area contributed by atoms with Crippen molar-refractivity contribution in [3.8, 4) is 6.07 Å². The maximum atomic E-state index is 9.16. The molecule has 0 bridgehead atoms. The van der Waals surface area contributed by atoms with E-state index in [0.29, 0.717) is 6.04 Å². The van der Waals surface area contributed by atoms with E-state index in [1.54, 1.807) is 0 Å². The summed E-state index contributed by atoms with van der Waals surface area (Å²) in [5, 5.41) is 9.16. The van der Waals surface area contributed by atoms with Gasteiger partial charge in [-0.3, -0.25) is 0 Å². The van der Waals surface area contributed by atoms with Crippen LogP contribution in [0.2, 0.25) is 0 Å². The molecule has 0 aliphatic heterocycles. The molecular formula is C13H24N2. The molecule has 0 amide bonds. The van der Waals surface area contributed by atoms with Crippen LogP contribution in [0.5, 0.6) is 0 Å². The number of nitrogens with zero attached hydrogens (tertiary/aromatic N) is 2. The highest BCUT2D eigenvalue weighted by Gasteiger charge is 2.31. The summed E-state index contributed by atoms with van der Waals surface area (Å²) in [6.07, 6.45) is 6.04. The average molecular weight is 208 g/mol. The van der Waals surface area contributed by atoms with Crippen LogP contribution < -0.4 is 0 Å². The van der Waals surface area contributed by atoms with Gasteiger partial charge in [0.1, 0.15) is 0 Å². The lowest BCUT2D eigenvalue weighted by Gasteiger charge is -2.38. The normalized spacial score (nSPS) is 31.5. The lowest BCUT2D eigenvalue weighted by atomic mass is 9.77. The largest absolute Gasteiger partial charge is 0.302 e. The monoisotopic (exact) mass is 208 g/mol. The molecule has 1 fully saturated rings. The van der Waals surface area contributed by atoms with Gasteiger partial charge in [0.25, 0.3) is 0 Å². The zero-order chi connectivity index (χ0) is 11.3. The second-order valence-corrected chi connectivity index (χ2v) is 4.87. The van der Waals surface area contributed by atoms with Crippen molar-refractivity contribution in [1.82, 2.24) is 4.90 Å². The molecule has 15 heavy (non-hydrogen) atoms. The molecule has 0 aromatic heterocycles. The number of nitriles is 1. The van der Waals surface area contributed by atoms with Gasteiger partial charge in [0.2, 0.25) is 0 Å². The Morgan fingerprint density at radius 1 is 1.33 bits per heavy atom. The van der Waals surface area contributed by atoms with E-state index in [2.05, 4.69) is 31.9 Å². The lowest BCUT2D eigenvalue weighted by Crippen LogP contribution is -2.42. The number of hydrogen-bond acceptors (Lipinski definition) is 2. The molecule has 1 rings (SSSR count). The summed E-state index contributed by atoms with van der Waals surface area (Å²) in [5.41, 5.74) is 0. The quantitative estimate of drug-likeness (QED) is 0.710. The third kappa shape index (κ3) is 3.21. The SMILES string of the molecule is CCCN(C)C1CC(CC)CCC1C#N. The molecule has 3 unspecified atom stereocenters. The molecule has 0 aromatic carbocycles. The average Bonchev–Trinajstić information content (AvgIpc) is 2.28. The van der Waals surface area contributed by atoms with Crippen LogP contribution in [0, 0.1) is 23.2 Å². The predicted molar refractivity (Wildman–Crippen MR) is 63.4 cm³/mol. The third-order valence-corrected chi connectivity index (χ3v) is 3.81. The summed E-state index contributed by atoms with van der Waals surface area (Å²) >= 11 is 0. The van der Waals surface area contributed by atoms with Crippen molar-refractivity contribution in [2.75, 3.05) is 13.6 Å². The minimum absolute atomic E-state index is 0.268. The molecule has 0 saturated heterocycles. The van der Waals surface area contributed by atoms with Gasteiger partial charge in [-0.1, -0.05) is 20.3 Å². The Bertz CT molecular complexity index is 219. The molecule has 86 valence electrons. The topological polar surface area (TPSA) is 27.0 Å². The van der Waals surface area contributed by atoms with Crippen LogP contribution in [-0.4, -0.2) is 24.5 Å². The van der Waals surface area contributed by atoms with E-state index in [4.69, 9.17) is 5.26 Å². The van der Waals surface area contributed by atoms with Crippen LogP contribution in [-0.2, 0) is 0 Å². The van der Waals surface area contributed by atoms with Crippen molar-refractivity contribution in [2.24, 2.45) is 11.8 Å². The summed E-state index contributed by atoms with van der Waals surface area (Å²) in [7, 11) is 2.18. The zero-order valence-corrected chi connectivity index (χ0v) is 10.4. The van der Waals surface area contributed by atoms with E-state index in [1.807, 2.05) is 0 Å². The van der Waals surface area contributed by atoms with E-state index >= 15 is 0 Å².